The highest BCUT2D eigenvalue weighted by molar-refractivity contribution is 7.80. The van der Waals surface area contributed by atoms with Crippen LogP contribution in [0.1, 0.15) is 5.56 Å². The molecule has 1 aromatic rings. The van der Waals surface area contributed by atoms with Crippen molar-refractivity contribution < 1.29 is 5.11 Å². The first-order valence-electron chi connectivity index (χ1n) is 3.17. The molecule has 1 radical (unpaired) electrons. The van der Waals surface area contributed by atoms with E-state index in [9.17, 15) is 0 Å². The molecule has 1 rings (SSSR count). The van der Waals surface area contributed by atoms with E-state index in [0.29, 0.717) is 6.42 Å². The van der Waals surface area contributed by atoms with Gasteiger partial charge < -0.3 is 5.11 Å². The third kappa shape index (κ3) is 2.42. The lowest BCUT2D eigenvalue weighted by Gasteiger charge is -2.00. The summed E-state index contributed by atoms with van der Waals surface area (Å²) in [5.74, 6) is 0. The number of benzene rings is 1. The fourth-order valence-corrected chi connectivity index (χ4v) is 1.01. The van der Waals surface area contributed by atoms with Crippen LogP contribution in [0.4, 0.5) is 0 Å². The molecule has 0 saturated carbocycles. The SMILES string of the molecule is OC([S])Cc1ccccc1. The zero-order valence-corrected chi connectivity index (χ0v) is 6.34. The Hall–Kier alpha value is -0.470. The predicted octanol–water partition coefficient (Wildman–Crippen LogP) is 1.74. The lowest BCUT2D eigenvalue weighted by atomic mass is 10.2. The molecule has 0 aliphatic heterocycles. The smallest absolute Gasteiger partial charge is 0.113 e. The predicted molar refractivity (Wildman–Crippen MR) is 43.7 cm³/mol. The lowest BCUT2D eigenvalue weighted by Crippen LogP contribution is -2.00. The van der Waals surface area contributed by atoms with Gasteiger partial charge in [0.05, 0.1) is 0 Å². The van der Waals surface area contributed by atoms with E-state index in [1.807, 2.05) is 30.3 Å². The normalized spacial score (nSPS) is 13.0. The van der Waals surface area contributed by atoms with Crippen LogP contribution in [-0.4, -0.2) is 10.5 Å². The van der Waals surface area contributed by atoms with Crippen molar-refractivity contribution in [3.63, 3.8) is 0 Å². The molecular weight excluding hydrogens is 144 g/mol. The first-order chi connectivity index (χ1) is 4.79. The highest BCUT2D eigenvalue weighted by Gasteiger charge is 1.97. The average Bonchev–Trinajstić information content (AvgIpc) is 1.88. The molecule has 0 aliphatic rings. The minimum atomic E-state index is -0.651. The van der Waals surface area contributed by atoms with Gasteiger partial charge in [-0.15, -0.1) is 0 Å². The van der Waals surface area contributed by atoms with Crippen LogP contribution in [0.3, 0.4) is 0 Å². The number of aliphatic hydroxyl groups excluding tert-OH is 1. The van der Waals surface area contributed by atoms with Crippen LogP contribution in [0.15, 0.2) is 30.3 Å². The Morgan fingerprint density at radius 1 is 1.30 bits per heavy atom. The van der Waals surface area contributed by atoms with Crippen LogP contribution >= 0.6 is 12.6 Å². The maximum absolute atomic E-state index is 8.82. The van der Waals surface area contributed by atoms with Gasteiger partial charge in [-0.25, -0.2) is 0 Å². The topological polar surface area (TPSA) is 20.2 Å². The molecule has 0 fully saturated rings. The van der Waals surface area contributed by atoms with Crippen molar-refractivity contribution in [2.75, 3.05) is 0 Å². The van der Waals surface area contributed by atoms with Crippen molar-refractivity contribution in [2.45, 2.75) is 11.9 Å². The van der Waals surface area contributed by atoms with E-state index in [0.717, 1.165) is 5.56 Å². The van der Waals surface area contributed by atoms with Gasteiger partial charge in [-0.05, 0) is 5.56 Å². The molecule has 1 aromatic carbocycles. The van der Waals surface area contributed by atoms with Gasteiger partial charge in [0.2, 0.25) is 0 Å². The first-order valence-corrected chi connectivity index (χ1v) is 3.64. The standard InChI is InChI=1S/C8H9OS/c9-8(10)6-7-4-2-1-3-5-7/h1-5,8-9H,6H2. The third-order valence-corrected chi connectivity index (χ3v) is 1.42. The van der Waals surface area contributed by atoms with Crippen LogP contribution in [0.25, 0.3) is 0 Å². The molecule has 0 amide bonds. The third-order valence-electron chi connectivity index (χ3n) is 1.25. The van der Waals surface area contributed by atoms with Gasteiger partial charge in [-0.1, -0.05) is 43.0 Å². The van der Waals surface area contributed by atoms with Crippen LogP contribution in [-0.2, 0) is 6.42 Å². The summed E-state index contributed by atoms with van der Waals surface area (Å²) in [5.41, 5.74) is 0.437. The van der Waals surface area contributed by atoms with Gasteiger partial charge in [0.1, 0.15) is 5.44 Å². The van der Waals surface area contributed by atoms with E-state index in [1.165, 1.54) is 0 Å². The number of hydrogen-bond donors (Lipinski definition) is 1. The average molecular weight is 153 g/mol. The van der Waals surface area contributed by atoms with Gasteiger partial charge in [-0.2, -0.15) is 0 Å². The van der Waals surface area contributed by atoms with Crippen molar-refractivity contribution in [3.8, 4) is 0 Å². The number of rotatable bonds is 2. The molecule has 0 aromatic heterocycles. The lowest BCUT2D eigenvalue weighted by molar-refractivity contribution is 0.266. The summed E-state index contributed by atoms with van der Waals surface area (Å²) < 4.78 is 0. The van der Waals surface area contributed by atoms with Gasteiger partial charge >= 0.3 is 0 Å². The molecule has 2 heteroatoms. The summed E-state index contributed by atoms with van der Waals surface area (Å²) in [7, 11) is 0. The molecule has 0 bridgehead atoms. The van der Waals surface area contributed by atoms with Crippen molar-refractivity contribution in [1.29, 1.82) is 0 Å². The highest BCUT2D eigenvalue weighted by atomic mass is 32.1. The first kappa shape index (κ1) is 7.63. The fourth-order valence-electron chi connectivity index (χ4n) is 0.816. The zero-order chi connectivity index (χ0) is 7.40. The van der Waals surface area contributed by atoms with Crippen molar-refractivity contribution in [1.82, 2.24) is 0 Å². The Morgan fingerprint density at radius 2 is 1.90 bits per heavy atom. The molecule has 1 atom stereocenters. The summed E-state index contributed by atoms with van der Waals surface area (Å²) in [6.45, 7) is 0. The van der Waals surface area contributed by atoms with E-state index in [-0.39, 0.29) is 0 Å². The Kier molecular flexibility index (Phi) is 2.78. The zero-order valence-electron chi connectivity index (χ0n) is 5.53. The minimum absolute atomic E-state index is 0.566. The van der Waals surface area contributed by atoms with E-state index < -0.39 is 5.44 Å². The van der Waals surface area contributed by atoms with Gasteiger partial charge in [0.25, 0.3) is 0 Å². The summed E-state index contributed by atoms with van der Waals surface area (Å²) in [5, 5.41) is 8.82. The maximum atomic E-state index is 8.82. The van der Waals surface area contributed by atoms with E-state index in [4.69, 9.17) is 5.11 Å². The molecule has 1 N–H and O–H groups in total. The summed E-state index contributed by atoms with van der Waals surface area (Å²) >= 11 is 4.62. The quantitative estimate of drug-likeness (QED) is 0.686. The molecule has 10 heavy (non-hydrogen) atoms. The van der Waals surface area contributed by atoms with E-state index in [1.54, 1.807) is 0 Å². The molecule has 0 saturated heterocycles. The summed E-state index contributed by atoms with van der Waals surface area (Å²) in [4.78, 5) is 0. The van der Waals surface area contributed by atoms with Gasteiger partial charge in [0, 0.05) is 6.42 Å². The minimum Gasteiger partial charge on any atom is -0.381 e. The Labute approximate surface area is 66.1 Å². The monoisotopic (exact) mass is 153 g/mol. The fraction of sp³-hybridized carbons (Fsp3) is 0.250. The Morgan fingerprint density at radius 3 is 2.40 bits per heavy atom. The molecule has 53 valence electrons. The van der Waals surface area contributed by atoms with Crippen molar-refractivity contribution >= 4 is 12.6 Å². The van der Waals surface area contributed by atoms with Crippen molar-refractivity contribution in [2.24, 2.45) is 0 Å². The molecule has 0 spiro atoms. The van der Waals surface area contributed by atoms with Crippen LogP contribution in [0, 0.1) is 0 Å². The summed E-state index contributed by atoms with van der Waals surface area (Å²) in [6.07, 6.45) is 0.566. The molecule has 0 aliphatic carbocycles. The molecule has 0 heterocycles. The Bertz CT molecular complexity index is 184. The highest BCUT2D eigenvalue weighted by Crippen LogP contribution is 2.04. The number of aliphatic hydroxyl groups is 1. The second-order valence-corrected chi connectivity index (χ2v) is 2.69. The van der Waals surface area contributed by atoms with Gasteiger partial charge in [0.15, 0.2) is 0 Å². The van der Waals surface area contributed by atoms with Gasteiger partial charge in [-0.3, -0.25) is 0 Å². The Balaban J connectivity index is 2.59. The second-order valence-electron chi connectivity index (χ2n) is 2.14. The van der Waals surface area contributed by atoms with Crippen LogP contribution in [0.5, 0.6) is 0 Å². The molecule has 1 nitrogen and oxygen atoms in total. The molecular formula is C8H9OS. The molecule has 1 unspecified atom stereocenters. The van der Waals surface area contributed by atoms with E-state index >= 15 is 0 Å². The number of hydrogen-bond acceptors (Lipinski definition) is 1. The maximum Gasteiger partial charge on any atom is 0.113 e. The van der Waals surface area contributed by atoms with Crippen LogP contribution in [0.2, 0.25) is 0 Å². The van der Waals surface area contributed by atoms with Crippen molar-refractivity contribution in [3.05, 3.63) is 35.9 Å². The largest absolute Gasteiger partial charge is 0.381 e. The summed E-state index contributed by atoms with van der Waals surface area (Å²) in [6, 6.07) is 9.73. The van der Waals surface area contributed by atoms with Crippen LogP contribution < -0.4 is 0 Å². The van der Waals surface area contributed by atoms with E-state index in [2.05, 4.69) is 12.6 Å². The second kappa shape index (κ2) is 3.64.